The van der Waals surface area contributed by atoms with Gasteiger partial charge in [0.1, 0.15) is 0 Å². The van der Waals surface area contributed by atoms with Crippen molar-refractivity contribution < 1.29 is 13.2 Å². The Hall–Kier alpha value is -1.11. The van der Waals surface area contributed by atoms with E-state index in [9.17, 15) is 13.2 Å². The van der Waals surface area contributed by atoms with E-state index in [1.807, 2.05) is 25.1 Å². The first kappa shape index (κ1) is 17.2. The third kappa shape index (κ3) is 4.69. The summed E-state index contributed by atoms with van der Waals surface area (Å²) in [6.45, 7) is 3.72. The Labute approximate surface area is 136 Å². The normalized spacial score (nSPS) is 23.0. The lowest BCUT2D eigenvalue weighted by atomic mass is 10.1. The number of nitrogens with one attached hydrogen (secondary N) is 2. The van der Waals surface area contributed by atoms with Crippen molar-refractivity contribution in [3.63, 3.8) is 0 Å². The molecular weight excluding hydrogens is 324 g/mol. The van der Waals surface area contributed by atoms with E-state index in [0.717, 1.165) is 5.56 Å². The lowest BCUT2D eigenvalue weighted by molar-refractivity contribution is -0.123. The third-order valence-electron chi connectivity index (χ3n) is 3.82. The molecule has 0 saturated carbocycles. The van der Waals surface area contributed by atoms with Gasteiger partial charge in [0.25, 0.3) is 0 Å². The maximum atomic E-state index is 12.1. The fraction of sp³-hybridized carbons (Fsp3) is 0.533. The van der Waals surface area contributed by atoms with Gasteiger partial charge >= 0.3 is 0 Å². The number of amides is 1. The van der Waals surface area contributed by atoms with E-state index in [1.165, 1.54) is 0 Å². The molecule has 5 nitrogen and oxygen atoms in total. The molecule has 1 heterocycles. The fourth-order valence-corrected chi connectivity index (χ4v) is 4.43. The van der Waals surface area contributed by atoms with Crippen LogP contribution < -0.4 is 10.6 Å². The smallest absolute Gasteiger partial charge is 0.237 e. The molecule has 122 valence electrons. The van der Waals surface area contributed by atoms with E-state index >= 15 is 0 Å². The van der Waals surface area contributed by atoms with Gasteiger partial charge < -0.3 is 5.32 Å². The summed E-state index contributed by atoms with van der Waals surface area (Å²) in [6, 6.07) is 6.73. The molecule has 0 bridgehead atoms. The van der Waals surface area contributed by atoms with Crippen LogP contribution in [0.3, 0.4) is 0 Å². The highest BCUT2D eigenvalue weighted by Gasteiger charge is 2.30. The molecule has 1 amide bonds. The molecule has 2 N–H and O–H groups in total. The highest BCUT2D eigenvalue weighted by atomic mass is 35.5. The van der Waals surface area contributed by atoms with Crippen molar-refractivity contribution in [3.8, 4) is 0 Å². The third-order valence-corrected chi connectivity index (χ3v) is 5.82. The van der Waals surface area contributed by atoms with Crippen molar-refractivity contribution >= 4 is 27.3 Å². The number of hydrogen-bond donors (Lipinski definition) is 2. The lowest BCUT2D eigenvalue weighted by Crippen LogP contribution is -2.47. The van der Waals surface area contributed by atoms with Crippen LogP contribution in [0.15, 0.2) is 24.3 Å². The number of carbonyl (C=O) groups excluding carboxylic acids is 1. The van der Waals surface area contributed by atoms with E-state index in [4.69, 9.17) is 11.6 Å². The van der Waals surface area contributed by atoms with Gasteiger partial charge in [0.15, 0.2) is 9.84 Å². The largest absolute Gasteiger partial charge is 0.351 e. The number of sulfone groups is 1. The minimum atomic E-state index is -2.99. The molecule has 1 saturated heterocycles. The van der Waals surface area contributed by atoms with Crippen molar-refractivity contribution in [2.45, 2.75) is 38.4 Å². The maximum absolute atomic E-state index is 12.1. The summed E-state index contributed by atoms with van der Waals surface area (Å²) in [5, 5.41) is 6.65. The average Bonchev–Trinajstić information content (AvgIpc) is 2.77. The second-order valence-electron chi connectivity index (χ2n) is 5.77. The predicted octanol–water partition coefficient (Wildman–Crippen LogP) is 1.68. The van der Waals surface area contributed by atoms with Gasteiger partial charge in [0, 0.05) is 17.1 Å². The summed E-state index contributed by atoms with van der Waals surface area (Å²) < 4.78 is 22.8. The minimum absolute atomic E-state index is 0.0354. The Morgan fingerprint density at radius 1 is 1.36 bits per heavy atom. The van der Waals surface area contributed by atoms with Crippen LogP contribution in [-0.2, 0) is 14.6 Å². The van der Waals surface area contributed by atoms with E-state index in [0.29, 0.717) is 11.4 Å². The van der Waals surface area contributed by atoms with Gasteiger partial charge in [-0.1, -0.05) is 23.7 Å². The molecule has 3 atom stereocenters. The van der Waals surface area contributed by atoms with Crippen molar-refractivity contribution in [3.05, 3.63) is 34.9 Å². The molecule has 0 aliphatic carbocycles. The molecule has 2 rings (SSSR count). The van der Waals surface area contributed by atoms with Crippen molar-refractivity contribution in [2.24, 2.45) is 0 Å². The van der Waals surface area contributed by atoms with Gasteiger partial charge in [-0.05, 0) is 38.0 Å². The Balaban J connectivity index is 1.88. The Morgan fingerprint density at radius 2 is 2.09 bits per heavy atom. The summed E-state index contributed by atoms with van der Waals surface area (Å²) in [4.78, 5) is 12.1. The fourth-order valence-electron chi connectivity index (χ4n) is 2.56. The Kier molecular flexibility index (Phi) is 5.47. The second-order valence-corrected chi connectivity index (χ2v) is 8.44. The van der Waals surface area contributed by atoms with Gasteiger partial charge in [-0.2, -0.15) is 0 Å². The summed E-state index contributed by atoms with van der Waals surface area (Å²) in [7, 11) is -2.99. The second kappa shape index (κ2) is 6.98. The molecule has 7 heteroatoms. The molecule has 1 aliphatic rings. The van der Waals surface area contributed by atoms with E-state index in [2.05, 4.69) is 10.6 Å². The predicted molar refractivity (Wildman–Crippen MR) is 87.7 cm³/mol. The van der Waals surface area contributed by atoms with Crippen molar-refractivity contribution in [1.29, 1.82) is 0 Å². The van der Waals surface area contributed by atoms with Crippen molar-refractivity contribution in [2.75, 3.05) is 11.5 Å². The summed E-state index contributed by atoms with van der Waals surface area (Å²) in [5.74, 6) is 0.00419. The number of rotatable bonds is 5. The zero-order valence-electron chi connectivity index (χ0n) is 12.7. The molecule has 0 aromatic heterocycles. The number of halogens is 1. The molecule has 0 unspecified atom stereocenters. The van der Waals surface area contributed by atoms with Gasteiger partial charge in [-0.15, -0.1) is 0 Å². The van der Waals surface area contributed by atoms with Crippen LogP contribution in [-0.4, -0.2) is 37.9 Å². The van der Waals surface area contributed by atoms with Crippen LogP contribution in [0, 0.1) is 0 Å². The SMILES string of the molecule is C[C@H](N[C@@H](C)c1cccc(Cl)c1)C(=O)N[C@@H]1CCS(=O)(=O)C1. The highest BCUT2D eigenvalue weighted by molar-refractivity contribution is 7.91. The summed E-state index contributed by atoms with van der Waals surface area (Å²) in [5.41, 5.74) is 0.996. The maximum Gasteiger partial charge on any atom is 0.237 e. The van der Waals surface area contributed by atoms with Crippen LogP contribution in [0.1, 0.15) is 31.9 Å². The average molecular weight is 345 g/mol. The molecule has 1 aromatic carbocycles. The standard InChI is InChI=1S/C15H21ClN2O3S/c1-10(12-4-3-5-13(16)8-12)17-11(2)15(19)18-14-6-7-22(20,21)9-14/h3-5,8,10-11,14,17H,6-7,9H2,1-2H3,(H,18,19)/t10-,11-,14+/m0/s1. The molecule has 0 spiro atoms. The van der Waals surface area contributed by atoms with Gasteiger partial charge in [0.05, 0.1) is 17.5 Å². The van der Waals surface area contributed by atoms with Crippen LogP contribution in [0.25, 0.3) is 0 Å². The summed E-state index contributed by atoms with van der Waals surface area (Å²) >= 11 is 5.96. The monoisotopic (exact) mass is 344 g/mol. The number of carbonyl (C=O) groups is 1. The zero-order chi connectivity index (χ0) is 16.3. The van der Waals surface area contributed by atoms with Crippen molar-refractivity contribution in [1.82, 2.24) is 10.6 Å². The highest BCUT2D eigenvalue weighted by Crippen LogP contribution is 2.18. The van der Waals surface area contributed by atoms with Gasteiger partial charge in [-0.3, -0.25) is 10.1 Å². The molecule has 1 aliphatic heterocycles. The first-order valence-corrected chi connectivity index (χ1v) is 9.49. The van der Waals surface area contributed by atoms with E-state index in [1.54, 1.807) is 13.0 Å². The molecule has 1 fully saturated rings. The summed E-state index contributed by atoms with van der Waals surface area (Å²) in [6.07, 6.45) is 0.491. The lowest BCUT2D eigenvalue weighted by Gasteiger charge is -2.21. The van der Waals surface area contributed by atoms with Gasteiger partial charge in [0.2, 0.25) is 5.91 Å². The number of benzene rings is 1. The number of hydrogen-bond acceptors (Lipinski definition) is 4. The minimum Gasteiger partial charge on any atom is -0.351 e. The van der Waals surface area contributed by atoms with Crippen LogP contribution in [0.4, 0.5) is 0 Å². The van der Waals surface area contributed by atoms with E-state index < -0.39 is 15.9 Å². The topological polar surface area (TPSA) is 75.3 Å². The van der Waals surface area contributed by atoms with Crippen LogP contribution in [0.2, 0.25) is 5.02 Å². The first-order chi connectivity index (χ1) is 10.3. The molecular formula is C15H21ClN2O3S. The Morgan fingerprint density at radius 3 is 2.68 bits per heavy atom. The van der Waals surface area contributed by atoms with E-state index in [-0.39, 0.29) is 29.5 Å². The van der Waals surface area contributed by atoms with Gasteiger partial charge in [-0.25, -0.2) is 8.42 Å². The van der Waals surface area contributed by atoms with Crippen LogP contribution in [0.5, 0.6) is 0 Å². The first-order valence-electron chi connectivity index (χ1n) is 7.29. The molecule has 22 heavy (non-hydrogen) atoms. The molecule has 0 radical (unpaired) electrons. The molecule has 1 aromatic rings. The Bertz CT molecular complexity index is 648. The quantitative estimate of drug-likeness (QED) is 0.852. The zero-order valence-corrected chi connectivity index (χ0v) is 14.2. The van der Waals surface area contributed by atoms with Crippen LogP contribution >= 0.6 is 11.6 Å².